The van der Waals surface area contributed by atoms with Crippen molar-refractivity contribution in [2.75, 3.05) is 6.61 Å². The van der Waals surface area contributed by atoms with Crippen molar-refractivity contribution in [3.05, 3.63) is 46.7 Å². The summed E-state index contributed by atoms with van der Waals surface area (Å²) in [6.07, 6.45) is 0. The molecule has 23 heavy (non-hydrogen) atoms. The average Bonchev–Trinajstić information content (AvgIpc) is 2.45. The van der Waals surface area contributed by atoms with Crippen molar-refractivity contribution in [1.82, 2.24) is 0 Å². The molecule has 0 heterocycles. The first-order valence-electron chi connectivity index (χ1n) is 6.50. The van der Waals surface area contributed by atoms with Crippen molar-refractivity contribution < 1.29 is 27.2 Å². The maximum atomic E-state index is 11.9. The number of esters is 1. The van der Waals surface area contributed by atoms with Crippen LogP contribution in [0.3, 0.4) is 0 Å². The minimum absolute atomic E-state index is 0.134. The van der Waals surface area contributed by atoms with Gasteiger partial charge in [0.25, 0.3) is 10.1 Å². The summed E-state index contributed by atoms with van der Waals surface area (Å²) in [5.41, 5.74) is -1.85. The van der Waals surface area contributed by atoms with Crippen molar-refractivity contribution in [1.29, 1.82) is 0 Å². The first-order valence-corrected chi connectivity index (χ1v) is 7.91. The Morgan fingerprint density at radius 3 is 2.26 bits per heavy atom. The molecule has 0 aromatic heterocycles. The molecule has 1 aromatic rings. The number of aliphatic hydroxyl groups excluding tert-OH is 1. The average molecular weight is 343 g/mol. The van der Waals surface area contributed by atoms with Gasteiger partial charge in [-0.2, -0.15) is 8.42 Å². The lowest BCUT2D eigenvalue weighted by Gasteiger charge is -2.19. The summed E-state index contributed by atoms with van der Waals surface area (Å²) in [5.74, 6) is -2.11. The van der Waals surface area contributed by atoms with Crippen LogP contribution in [0, 0.1) is 4.91 Å². The number of hydrogen-bond acceptors (Lipinski definition) is 8. The third kappa shape index (κ3) is 5.80. The second-order valence-electron chi connectivity index (χ2n) is 5.42. The first kappa shape index (κ1) is 18.8. The van der Waals surface area contributed by atoms with Crippen LogP contribution in [-0.4, -0.2) is 31.7 Å². The number of hydrogen-bond donors (Lipinski definition) is 1. The highest BCUT2D eigenvalue weighted by atomic mass is 32.2. The Balaban J connectivity index is 2.89. The molecule has 0 aliphatic heterocycles. The van der Waals surface area contributed by atoms with E-state index in [9.17, 15) is 23.2 Å². The molecule has 0 aliphatic carbocycles. The van der Waals surface area contributed by atoms with Crippen LogP contribution in [0.1, 0.15) is 20.8 Å². The predicted octanol–water partition coefficient (Wildman–Crippen LogP) is 2.27. The summed E-state index contributed by atoms with van der Waals surface area (Å²) in [7, 11) is -4.15. The van der Waals surface area contributed by atoms with E-state index in [1.165, 1.54) is 24.3 Å². The van der Waals surface area contributed by atoms with Crippen molar-refractivity contribution in [2.45, 2.75) is 31.3 Å². The fourth-order valence-electron chi connectivity index (χ4n) is 1.39. The highest BCUT2D eigenvalue weighted by molar-refractivity contribution is 7.86. The third-order valence-electron chi connectivity index (χ3n) is 2.34. The Morgan fingerprint density at radius 1 is 1.22 bits per heavy atom. The molecule has 0 atom stereocenters. The van der Waals surface area contributed by atoms with Crippen LogP contribution in [0.4, 0.5) is 0 Å². The first-order chi connectivity index (χ1) is 10.6. The number of benzene rings is 1. The highest BCUT2D eigenvalue weighted by Gasteiger charge is 2.25. The van der Waals surface area contributed by atoms with Gasteiger partial charge in [0.2, 0.25) is 5.70 Å². The van der Waals surface area contributed by atoms with Gasteiger partial charge >= 0.3 is 5.97 Å². The molecule has 0 bridgehead atoms. The van der Waals surface area contributed by atoms with Crippen LogP contribution in [-0.2, 0) is 23.8 Å². The van der Waals surface area contributed by atoms with E-state index in [2.05, 4.69) is 9.36 Å². The van der Waals surface area contributed by atoms with E-state index in [1.54, 1.807) is 26.8 Å². The molecule has 9 heteroatoms. The molecule has 1 N–H and O–H groups in total. The van der Waals surface area contributed by atoms with Gasteiger partial charge in [0.1, 0.15) is 12.2 Å². The maximum Gasteiger partial charge on any atom is 0.364 e. The van der Waals surface area contributed by atoms with E-state index >= 15 is 0 Å². The maximum absolute atomic E-state index is 11.9. The third-order valence-corrected chi connectivity index (χ3v) is 3.62. The summed E-state index contributed by atoms with van der Waals surface area (Å²) in [4.78, 5) is 22.2. The van der Waals surface area contributed by atoms with Crippen molar-refractivity contribution in [3.63, 3.8) is 0 Å². The van der Waals surface area contributed by atoms with E-state index in [-0.39, 0.29) is 4.90 Å². The van der Waals surface area contributed by atoms with Crippen molar-refractivity contribution in [3.8, 4) is 0 Å². The molecule has 1 rings (SSSR count). The van der Waals surface area contributed by atoms with Gasteiger partial charge in [0, 0.05) is 0 Å². The number of nitrogens with zero attached hydrogens (tertiary/aromatic N) is 1. The number of rotatable bonds is 6. The van der Waals surface area contributed by atoms with Gasteiger partial charge in [0.15, 0.2) is 5.76 Å². The van der Waals surface area contributed by atoms with Gasteiger partial charge < -0.3 is 9.84 Å². The molecule has 0 fully saturated rings. The quantitative estimate of drug-likeness (QED) is 0.276. The van der Waals surface area contributed by atoms with Crippen LogP contribution in [0.15, 0.2) is 51.9 Å². The Labute approximate surface area is 133 Å². The van der Waals surface area contributed by atoms with Gasteiger partial charge in [-0.25, -0.2) is 4.79 Å². The normalized spacial score (nSPS) is 13.2. The lowest BCUT2D eigenvalue weighted by Crippen LogP contribution is -2.25. The zero-order valence-electron chi connectivity index (χ0n) is 12.8. The van der Waals surface area contributed by atoms with Crippen LogP contribution in [0.25, 0.3) is 0 Å². The zero-order chi connectivity index (χ0) is 17.7. The molecule has 8 nitrogen and oxygen atoms in total. The lowest BCUT2D eigenvalue weighted by molar-refractivity contribution is -0.150. The van der Waals surface area contributed by atoms with Crippen molar-refractivity contribution >= 4 is 16.1 Å². The Kier molecular flexibility index (Phi) is 5.99. The topological polar surface area (TPSA) is 119 Å². The van der Waals surface area contributed by atoms with Crippen LogP contribution >= 0.6 is 0 Å². The molecular weight excluding hydrogens is 326 g/mol. The summed E-state index contributed by atoms with van der Waals surface area (Å²) >= 11 is 0. The standard InChI is InChI=1S/C14H17NO7S/c1-14(2,3)22-13(17)12(15-18)11(16)9-21-23(19,20)10-7-5-4-6-8-10/h4-8,16H,9H2,1-3H3/b12-11+. The van der Waals surface area contributed by atoms with E-state index < -0.39 is 39.8 Å². The van der Waals surface area contributed by atoms with Gasteiger partial charge in [-0.15, -0.1) is 4.91 Å². The smallest absolute Gasteiger partial charge is 0.364 e. The molecular formula is C14H17NO7S. The van der Waals surface area contributed by atoms with Crippen LogP contribution in [0.5, 0.6) is 0 Å². The number of aliphatic hydroxyl groups is 1. The molecule has 0 saturated heterocycles. The number of ether oxygens (including phenoxy) is 1. The fourth-order valence-corrected chi connectivity index (χ4v) is 2.28. The SMILES string of the molecule is CC(C)(C)OC(=O)/C(N=O)=C(\O)COS(=O)(=O)c1ccccc1. The second kappa shape index (κ2) is 7.34. The van der Waals surface area contributed by atoms with E-state index in [0.717, 1.165) is 0 Å². The minimum atomic E-state index is -4.15. The van der Waals surface area contributed by atoms with Crippen LogP contribution < -0.4 is 0 Å². The van der Waals surface area contributed by atoms with E-state index in [1.807, 2.05) is 0 Å². The molecule has 1 aromatic carbocycles. The number of carbonyl (C=O) groups is 1. The number of carbonyl (C=O) groups excluding carboxylic acids is 1. The minimum Gasteiger partial charge on any atom is -0.507 e. The molecule has 0 saturated carbocycles. The Hall–Kier alpha value is -2.26. The Morgan fingerprint density at radius 2 is 1.78 bits per heavy atom. The van der Waals surface area contributed by atoms with Crippen molar-refractivity contribution in [2.24, 2.45) is 5.18 Å². The summed E-state index contributed by atoms with van der Waals surface area (Å²) in [6.45, 7) is 3.75. The molecule has 0 amide bonds. The summed E-state index contributed by atoms with van der Waals surface area (Å²) < 4.78 is 33.2. The van der Waals surface area contributed by atoms with Gasteiger partial charge in [-0.05, 0) is 38.1 Å². The van der Waals surface area contributed by atoms with Gasteiger partial charge in [0.05, 0.1) is 4.90 Å². The zero-order valence-corrected chi connectivity index (χ0v) is 13.7. The largest absolute Gasteiger partial charge is 0.507 e. The van der Waals surface area contributed by atoms with Gasteiger partial charge in [-0.1, -0.05) is 18.2 Å². The predicted molar refractivity (Wildman–Crippen MR) is 80.9 cm³/mol. The van der Waals surface area contributed by atoms with Gasteiger partial charge in [-0.3, -0.25) is 4.18 Å². The molecule has 0 unspecified atom stereocenters. The van der Waals surface area contributed by atoms with Crippen LogP contribution in [0.2, 0.25) is 0 Å². The summed E-state index contributed by atoms with van der Waals surface area (Å²) in [6, 6.07) is 7.19. The monoisotopic (exact) mass is 343 g/mol. The molecule has 0 spiro atoms. The second-order valence-corrected chi connectivity index (χ2v) is 7.03. The molecule has 126 valence electrons. The highest BCUT2D eigenvalue weighted by Crippen LogP contribution is 2.16. The Bertz CT molecular complexity index is 702. The molecule has 0 radical (unpaired) electrons. The summed E-state index contributed by atoms with van der Waals surface area (Å²) in [5, 5.41) is 12.1. The lowest BCUT2D eigenvalue weighted by atomic mass is 10.2. The fraction of sp³-hybridized carbons (Fsp3) is 0.357. The van der Waals surface area contributed by atoms with E-state index in [0.29, 0.717) is 0 Å². The number of nitroso groups, excluding NO2 is 1. The molecule has 0 aliphatic rings. The van der Waals surface area contributed by atoms with E-state index in [4.69, 9.17) is 4.74 Å².